The van der Waals surface area contributed by atoms with Crippen LogP contribution >= 0.6 is 0 Å². The summed E-state index contributed by atoms with van der Waals surface area (Å²) in [5, 5.41) is 0.768. The van der Waals surface area contributed by atoms with Crippen LogP contribution in [0.5, 0.6) is 0 Å². The van der Waals surface area contributed by atoms with Gasteiger partial charge in [0.1, 0.15) is 0 Å². The maximum atomic E-state index is 13.0. The number of benzene rings is 2. The Morgan fingerprint density at radius 3 is 2.24 bits per heavy atom. The number of carbonyl (C=O) groups excluding carboxylic acids is 4. The lowest BCUT2D eigenvalue weighted by Crippen LogP contribution is -2.35. The summed E-state index contributed by atoms with van der Waals surface area (Å²) >= 11 is 0. The molecule has 7 heteroatoms. The number of hydrogen-bond donors (Lipinski definition) is 0. The largest absolute Gasteiger partial charge is 0.469 e. The van der Waals surface area contributed by atoms with Crippen LogP contribution in [0.3, 0.4) is 0 Å². The van der Waals surface area contributed by atoms with Crippen molar-refractivity contribution in [2.45, 2.75) is 19.4 Å². The van der Waals surface area contributed by atoms with E-state index < -0.39 is 23.8 Å². The van der Waals surface area contributed by atoms with Gasteiger partial charge in [0.05, 0.1) is 36.2 Å². The molecule has 0 fully saturated rings. The molecule has 1 unspecified atom stereocenters. The minimum absolute atomic E-state index is 0.126. The topological polar surface area (TPSA) is 85.7 Å². The summed E-state index contributed by atoms with van der Waals surface area (Å²) in [5.41, 5.74) is 1.95. The number of carbonyl (C=O) groups is 4. The van der Waals surface area contributed by atoms with Crippen molar-refractivity contribution in [3.05, 3.63) is 71.4 Å². The third-order valence-corrected chi connectivity index (χ3v) is 5.16. The number of aromatic nitrogens is 1. The van der Waals surface area contributed by atoms with Crippen LogP contribution in [0.1, 0.15) is 50.5 Å². The van der Waals surface area contributed by atoms with E-state index in [2.05, 4.69) is 0 Å². The van der Waals surface area contributed by atoms with Crippen LogP contribution in [-0.4, -0.2) is 40.3 Å². The molecule has 0 saturated heterocycles. The summed E-state index contributed by atoms with van der Waals surface area (Å²) < 4.78 is 6.31. The Morgan fingerprint density at radius 1 is 1.00 bits per heavy atom. The number of nitrogens with zero attached hydrogens (tertiary/aromatic N) is 2. The summed E-state index contributed by atoms with van der Waals surface area (Å²) in [4.78, 5) is 50.8. The fourth-order valence-corrected chi connectivity index (χ4v) is 3.73. The Labute approximate surface area is 166 Å². The predicted octanol–water partition coefficient (Wildman–Crippen LogP) is 3.20. The first-order valence-corrected chi connectivity index (χ1v) is 9.08. The maximum Gasteiger partial charge on any atom is 0.307 e. The van der Waals surface area contributed by atoms with Crippen molar-refractivity contribution in [3.8, 4) is 0 Å². The Balaban J connectivity index is 1.80. The minimum Gasteiger partial charge on any atom is -0.469 e. The molecule has 2 amide bonds. The molecule has 0 N–H and O–H groups in total. The summed E-state index contributed by atoms with van der Waals surface area (Å²) in [6, 6.07) is 12.8. The first-order chi connectivity index (χ1) is 13.9. The smallest absolute Gasteiger partial charge is 0.307 e. The highest BCUT2D eigenvalue weighted by molar-refractivity contribution is 6.21. The first kappa shape index (κ1) is 18.6. The van der Waals surface area contributed by atoms with Gasteiger partial charge in [0.2, 0.25) is 5.91 Å². The quantitative estimate of drug-likeness (QED) is 0.504. The van der Waals surface area contributed by atoms with Crippen LogP contribution in [0.25, 0.3) is 10.9 Å². The van der Waals surface area contributed by atoms with E-state index in [1.807, 2.05) is 0 Å². The van der Waals surface area contributed by atoms with Crippen molar-refractivity contribution in [1.82, 2.24) is 9.47 Å². The fraction of sp³-hybridized carbons (Fsp3) is 0.182. The molecule has 0 bridgehead atoms. The molecule has 1 aliphatic heterocycles. The number of hydrogen-bond acceptors (Lipinski definition) is 5. The summed E-state index contributed by atoms with van der Waals surface area (Å²) in [5.74, 6) is -1.55. The van der Waals surface area contributed by atoms with Crippen molar-refractivity contribution in [1.29, 1.82) is 0 Å². The highest BCUT2D eigenvalue weighted by Gasteiger charge is 2.41. The summed E-state index contributed by atoms with van der Waals surface area (Å²) in [6.07, 6.45) is 1.50. The zero-order valence-electron chi connectivity index (χ0n) is 15.9. The molecule has 29 heavy (non-hydrogen) atoms. The predicted molar refractivity (Wildman–Crippen MR) is 105 cm³/mol. The van der Waals surface area contributed by atoms with E-state index in [0.717, 1.165) is 10.3 Å². The van der Waals surface area contributed by atoms with E-state index in [1.165, 1.54) is 18.6 Å². The van der Waals surface area contributed by atoms with Crippen LogP contribution in [0.15, 0.2) is 54.7 Å². The fourth-order valence-electron chi connectivity index (χ4n) is 3.73. The summed E-state index contributed by atoms with van der Waals surface area (Å²) in [7, 11) is 1.26. The van der Waals surface area contributed by atoms with Crippen molar-refractivity contribution >= 4 is 34.6 Å². The number of amides is 2. The lowest BCUT2D eigenvalue weighted by atomic mass is 10.0. The zero-order chi connectivity index (χ0) is 20.7. The maximum absolute atomic E-state index is 13.0. The van der Waals surface area contributed by atoms with E-state index in [-0.39, 0.29) is 12.3 Å². The standard InChI is InChI=1S/C22H18N2O5/c1-13(25)23-10-9-15-11-14(7-8-18(15)23)19(12-20(26)29-2)24-21(27)16-5-3-4-6-17(16)22(24)28/h3-11,19H,12H2,1-2H3. The second-order valence-electron chi connectivity index (χ2n) is 6.84. The lowest BCUT2D eigenvalue weighted by Gasteiger charge is -2.26. The lowest BCUT2D eigenvalue weighted by molar-refractivity contribution is -0.141. The van der Waals surface area contributed by atoms with E-state index in [4.69, 9.17) is 4.74 Å². The number of esters is 1. The molecule has 0 aliphatic carbocycles. The number of fused-ring (bicyclic) bond motifs is 2. The van der Waals surface area contributed by atoms with E-state index in [0.29, 0.717) is 22.2 Å². The summed E-state index contributed by atoms with van der Waals surface area (Å²) in [6.45, 7) is 1.46. The van der Waals surface area contributed by atoms with Crippen LogP contribution in [-0.2, 0) is 9.53 Å². The minimum atomic E-state index is -0.820. The normalized spacial score (nSPS) is 14.2. The van der Waals surface area contributed by atoms with Gasteiger partial charge in [-0.2, -0.15) is 0 Å². The molecule has 3 aromatic rings. The van der Waals surface area contributed by atoms with Crippen LogP contribution < -0.4 is 0 Å². The van der Waals surface area contributed by atoms with Gasteiger partial charge >= 0.3 is 5.97 Å². The SMILES string of the molecule is COC(=O)CC(c1ccc2c(ccn2C(C)=O)c1)N1C(=O)c2ccccc2C1=O. The molecule has 1 atom stereocenters. The molecular formula is C22H18N2O5. The third kappa shape index (κ3) is 3.00. The van der Waals surface area contributed by atoms with Gasteiger partial charge in [-0.15, -0.1) is 0 Å². The van der Waals surface area contributed by atoms with E-state index in [9.17, 15) is 19.2 Å². The van der Waals surface area contributed by atoms with Gasteiger partial charge in [-0.1, -0.05) is 18.2 Å². The first-order valence-electron chi connectivity index (χ1n) is 9.08. The number of imide groups is 1. The average Bonchev–Trinajstić information content (AvgIpc) is 3.25. The zero-order valence-corrected chi connectivity index (χ0v) is 15.9. The van der Waals surface area contributed by atoms with Crippen LogP contribution in [0.4, 0.5) is 0 Å². The Kier molecular flexibility index (Phi) is 4.50. The molecular weight excluding hydrogens is 372 g/mol. The third-order valence-electron chi connectivity index (χ3n) is 5.16. The van der Waals surface area contributed by atoms with Gasteiger partial charge in [-0.25, -0.2) is 0 Å². The monoisotopic (exact) mass is 390 g/mol. The number of ether oxygens (including phenoxy) is 1. The van der Waals surface area contributed by atoms with Gasteiger partial charge in [0, 0.05) is 18.5 Å². The Hall–Kier alpha value is -3.74. The molecule has 2 aromatic carbocycles. The molecule has 7 nitrogen and oxygen atoms in total. The molecule has 1 aromatic heterocycles. The average molecular weight is 390 g/mol. The molecule has 1 aliphatic rings. The van der Waals surface area contributed by atoms with E-state index >= 15 is 0 Å². The number of rotatable bonds is 4. The van der Waals surface area contributed by atoms with Gasteiger partial charge in [-0.05, 0) is 35.9 Å². The van der Waals surface area contributed by atoms with Crippen molar-refractivity contribution in [2.24, 2.45) is 0 Å². The highest BCUT2D eigenvalue weighted by atomic mass is 16.5. The Morgan fingerprint density at radius 2 is 1.66 bits per heavy atom. The second-order valence-corrected chi connectivity index (χ2v) is 6.84. The van der Waals surface area contributed by atoms with Crippen molar-refractivity contribution in [2.75, 3.05) is 7.11 Å². The molecule has 0 radical (unpaired) electrons. The number of methoxy groups -OCH3 is 1. The van der Waals surface area contributed by atoms with Crippen LogP contribution in [0.2, 0.25) is 0 Å². The van der Waals surface area contributed by atoms with Gasteiger partial charge in [-0.3, -0.25) is 28.6 Å². The van der Waals surface area contributed by atoms with Crippen molar-refractivity contribution in [3.63, 3.8) is 0 Å². The van der Waals surface area contributed by atoms with E-state index in [1.54, 1.807) is 54.7 Å². The molecule has 2 heterocycles. The van der Waals surface area contributed by atoms with Crippen LogP contribution in [0, 0.1) is 0 Å². The molecule has 4 rings (SSSR count). The highest BCUT2D eigenvalue weighted by Crippen LogP contribution is 2.35. The second kappa shape index (κ2) is 7.01. The molecule has 0 spiro atoms. The van der Waals surface area contributed by atoms with Gasteiger partial charge in [0.15, 0.2) is 0 Å². The van der Waals surface area contributed by atoms with Gasteiger partial charge < -0.3 is 4.74 Å². The Bertz CT molecular complexity index is 1140. The molecule has 0 saturated carbocycles. The molecule has 146 valence electrons. The van der Waals surface area contributed by atoms with Crippen molar-refractivity contribution < 1.29 is 23.9 Å². The van der Waals surface area contributed by atoms with Gasteiger partial charge in [0.25, 0.3) is 11.8 Å².